The van der Waals surface area contributed by atoms with Gasteiger partial charge in [-0.3, -0.25) is 0 Å². The van der Waals surface area contributed by atoms with Crippen molar-refractivity contribution < 1.29 is 0 Å². The molecule has 52 valence electrons. The standard InChI is InChI=1S/C9H16/c1-6-8(2)7-9(3,4)5/h2,6H,7H2,1,3-5H3/b8-6-. The summed E-state index contributed by atoms with van der Waals surface area (Å²) in [6.07, 6.45) is 2.95. The van der Waals surface area contributed by atoms with Crippen LogP contribution in [0.25, 0.3) is 0 Å². The van der Waals surface area contributed by atoms with Gasteiger partial charge in [0.2, 0.25) is 0 Å². The van der Waals surface area contributed by atoms with E-state index in [0.29, 0.717) is 5.41 Å². The topological polar surface area (TPSA) is 0 Å². The van der Waals surface area contributed by atoms with Crippen LogP contribution in [0.4, 0.5) is 0 Å². The fourth-order valence-electron chi connectivity index (χ4n) is 0.714. The van der Waals surface area contributed by atoms with Crippen molar-refractivity contribution in [2.45, 2.75) is 34.1 Å². The van der Waals surface area contributed by atoms with Crippen LogP contribution < -0.4 is 0 Å². The number of hydrogen-bond donors (Lipinski definition) is 0. The fraction of sp³-hybridized carbons (Fsp3) is 0.667. The highest BCUT2D eigenvalue weighted by atomic mass is 14.1. The third-order valence-electron chi connectivity index (χ3n) is 1.11. The predicted molar refractivity (Wildman–Crippen MR) is 42.1 cm³/mol. The molecule has 0 nitrogen and oxygen atoms in total. The maximum Gasteiger partial charge on any atom is -0.00599 e. The minimum absolute atomic E-state index is 0.330. The van der Waals surface area contributed by atoms with Crippen LogP contribution in [0.5, 0.6) is 0 Å². The first-order valence-electron chi connectivity index (χ1n) is 3.36. The van der Waals surface area contributed by atoms with Crippen LogP contribution in [0.2, 0.25) is 0 Å². The molecular weight excluding hydrogens is 108 g/mol. The van der Waals surface area contributed by atoms with Gasteiger partial charge in [-0.15, -0.1) is 0 Å². The van der Waals surface area contributed by atoms with Gasteiger partial charge in [-0.25, -0.2) is 0 Å². The van der Waals surface area contributed by atoms with Crippen LogP contribution in [0.15, 0.2) is 11.6 Å². The Morgan fingerprint density at radius 3 is 2.00 bits per heavy atom. The Balaban J connectivity index is 3.75. The smallest absolute Gasteiger partial charge is 0.00599 e. The molecule has 0 aromatic rings. The summed E-state index contributed by atoms with van der Waals surface area (Å²) in [5, 5.41) is 0. The molecule has 0 aromatic carbocycles. The van der Waals surface area contributed by atoms with E-state index in [1.807, 2.05) is 13.0 Å². The van der Waals surface area contributed by atoms with Crippen molar-refractivity contribution in [3.63, 3.8) is 0 Å². The van der Waals surface area contributed by atoms with Gasteiger partial charge in [0.1, 0.15) is 0 Å². The maximum atomic E-state index is 5.62. The summed E-state index contributed by atoms with van der Waals surface area (Å²) in [7, 11) is 0. The second kappa shape index (κ2) is 3.05. The number of hydrogen-bond acceptors (Lipinski definition) is 0. The molecule has 0 aliphatic heterocycles. The summed E-state index contributed by atoms with van der Waals surface area (Å²) >= 11 is 0. The molecule has 0 aliphatic rings. The average molecular weight is 124 g/mol. The van der Waals surface area contributed by atoms with Gasteiger partial charge in [0.15, 0.2) is 0 Å². The molecule has 0 saturated heterocycles. The van der Waals surface area contributed by atoms with E-state index in [4.69, 9.17) is 6.92 Å². The van der Waals surface area contributed by atoms with Crippen LogP contribution in [-0.4, -0.2) is 0 Å². The van der Waals surface area contributed by atoms with Gasteiger partial charge >= 0.3 is 0 Å². The van der Waals surface area contributed by atoms with Crippen LogP contribution in [-0.2, 0) is 0 Å². The van der Waals surface area contributed by atoms with E-state index in [-0.39, 0.29) is 0 Å². The molecule has 0 amide bonds. The second-order valence-electron chi connectivity index (χ2n) is 3.60. The molecule has 9 heavy (non-hydrogen) atoms. The normalized spacial score (nSPS) is 14.1. The van der Waals surface area contributed by atoms with Gasteiger partial charge in [0, 0.05) is 0 Å². The molecule has 0 fully saturated rings. The zero-order chi connectivity index (χ0) is 7.49. The molecule has 2 radical (unpaired) electrons. The summed E-state index contributed by atoms with van der Waals surface area (Å²) in [4.78, 5) is 0. The minimum atomic E-state index is 0.330. The largest absolute Gasteiger partial charge is 0.0881 e. The summed E-state index contributed by atoms with van der Waals surface area (Å²) in [6.45, 7) is 14.1. The highest BCUT2D eigenvalue weighted by Crippen LogP contribution is 2.22. The molecule has 0 N–H and O–H groups in total. The van der Waals surface area contributed by atoms with Crippen LogP contribution in [0, 0.1) is 12.3 Å². The Labute approximate surface area is 59.0 Å². The molecule has 0 heteroatoms. The Hall–Kier alpha value is -0.260. The molecule has 0 unspecified atom stereocenters. The Bertz CT molecular complexity index is 102. The van der Waals surface area contributed by atoms with Gasteiger partial charge in [0.25, 0.3) is 0 Å². The lowest BCUT2D eigenvalue weighted by atomic mass is 9.88. The first kappa shape index (κ1) is 8.74. The van der Waals surface area contributed by atoms with E-state index >= 15 is 0 Å². The molecule has 0 spiro atoms. The van der Waals surface area contributed by atoms with E-state index in [0.717, 1.165) is 12.0 Å². The lowest BCUT2D eigenvalue weighted by molar-refractivity contribution is 0.413. The quantitative estimate of drug-likeness (QED) is 0.504. The SMILES string of the molecule is [CH]/C(=C/C)CC(C)(C)C. The Morgan fingerprint density at radius 1 is 1.44 bits per heavy atom. The van der Waals surface area contributed by atoms with Crippen LogP contribution >= 0.6 is 0 Å². The molecule has 0 saturated carbocycles. The third-order valence-corrected chi connectivity index (χ3v) is 1.11. The van der Waals surface area contributed by atoms with E-state index in [2.05, 4.69) is 20.8 Å². The summed E-state index contributed by atoms with van der Waals surface area (Å²) in [5.41, 5.74) is 1.32. The first-order valence-corrected chi connectivity index (χ1v) is 3.36. The number of allylic oxidation sites excluding steroid dienone is 2. The Morgan fingerprint density at radius 2 is 1.89 bits per heavy atom. The lowest BCUT2D eigenvalue weighted by Gasteiger charge is -2.17. The molecular formula is C9H16. The lowest BCUT2D eigenvalue weighted by Crippen LogP contribution is -2.04. The van der Waals surface area contributed by atoms with Gasteiger partial charge in [0.05, 0.1) is 0 Å². The van der Waals surface area contributed by atoms with Crippen LogP contribution in [0.1, 0.15) is 34.1 Å². The molecule has 0 heterocycles. The highest BCUT2D eigenvalue weighted by molar-refractivity contribution is 5.05. The van der Waals surface area contributed by atoms with Gasteiger partial charge in [-0.05, 0) is 25.7 Å². The minimum Gasteiger partial charge on any atom is -0.0881 e. The van der Waals surface area contributed by atoms with Gasteiger partial charge < -0.3 is 0 Å². The second-order valence-corrected chi connectivity index (χ2v) is 3.60. The molecule has 0 rings (SSSR count). The molecule has 0 bridgehead atoms. The zero-order valence-corrected chi connectivity index (χ0v) is 6.86. The fourth-order valence-corrected chi connectivity index (χ4v) is 0.714. The van der Waals surface area contributed by atoms with Crippen molar-refractivity contribution in [2.75, 3.05) is 0 Å². The van der Waals surface area contributed by atoms with Gasteiger partial charge in [-0.1, -0.05) is 32.4 Å². The Kier molecular flexibility index (Phi) is 2.96. The first-order chi connectivity index (χ1) is 3.95. The third kappa shape index (κ3) is 5.61. The monoisotopic (exact) mass is 124 g/mol. The van der Waals surface area contributed by atoms with Crippen molar-refractivity contribution in [1.29, 1.82) is 0 Å². The molecule has 0 aromatic heterocycles. The van der Waals surface area contributed by atoms with E-state index in [1.165, 1.54) is 0 Å². The predicted octanol–water partition coefficient (Wildman–Crippen LogP) is 3.08. The van der Waals surface area contributed by atoms with Gasteiger partial charge in [-0.2, -0.15) is 0 Å². The highest BCUT2D eigenvalue weighted by Gasteiger charge is 2.09. The van der Waals surface area contributed by atoms with Crippen molar-refractivity contribution in [3.8, 4) is 0 Å². The molecule has 0 aliphatic carbocycles. The molecule has 0 atom stereocenters. The number of rotatable bonds is 1. The van der Waals surface area contributed by atoms with E-state index in [1.54, 1.807) is 0 Å². The van der Waals surface area contributed by atoms with Crippen LogP contribution in [0.3, 0.4) is 0 Å². The van der Waals surface area contributed by atoms with Crippen molar-refractivity contribution in [1.82, 2.24) is 0 Å². The van der Waals surface area contributed by atoms with Crippen molar-refractivity contribution in [3.05, 3.63) is 18.6 Å². The summed E-state index contributed by atoms with van der Waals surface area (Å²) in [6, 6.07) is 0. The van der Waals surface area contributed by atoms with E-state index in [9.17, 15) is 0 Å². The maximum absolute atomic E-state index is 5.62. The average Bonchev–Trinajstić information content (AvgIpc) is 1.62. The van der Waals surface area contributed by atoms with Crippen molar-refractivity contribution in [2.24, 2.45) is 5.41 Å². The zero-order valence-electron chi connectivity index (χ0n) is 6.86. The summed E-state index contributed by atoms with van der Waals surface area (Å²) in [5.74, 6) is 0. The summed E-state index contributed by atoms with van der Waals surface area (Å²) < 4.78 is 0. The van der Waals surface area contributed by atoms with E-state index < -0.39 is 0 Å². The van der Waals surface area contributed by atoms with Crippen molar-refractivity contribution >= 4 is 0 Å².